The quantitative estimate of drug-likeness (QED) is 0.847. The summed E-state index contributed by atoms with van der Waals surface area (Å²) in [5.74, 6) is 0.640. The van der Waals surface area contributed by atoms with E-state index in [0.29, 0.717) is 5.82 Å². The van der Waals surface area contributed by atoms with Crippen LogP contribution >= 0.6 is 15.9 Å². The minimum absolute atomic E-state index is 0.640. The molecule has 0 amide bonds. The normalized spacial score (nSPS) is 10.4. The highest BCUT2D eigenvalue weighted by Gasteiger charge is 2.02. The molecule has 2 aromatic rings. The lowest BCUT2D eigenvalue weighted by molar-refractivity contribution is 0.890. The number of aryl methyl sites for hydroxylation is 1. The van der Waals surface area contributed by atoms with Gasteiger partial charge in [0.15, 0.2) is 0 Å². The summed E-state index contributed by atoms with van der Waals surface area (Å²) in [5.41, 5.74) is 7.90. The first kappa shape index (κ1) is 9.27. The molecule has 1 heterocycles. The number of nitrogen functional groups attached to an aromatic ring is 1. The van der Waals surface area contributed by atoms with Crippen molar-refractivity contribution in [1.29, 1.82) is 0 Å². The van der Waals surface area contributed by atoms with Gasteiger partial charge < -0.3 is 5.73 Å². The van der Waals surface area contributed by atoms with Crippen LogP contribution < -0.4 is 5.73 Å². The maximum Gasteiger partial charge on any atom is 0.127 e. The van der Waals surface area contributed by atoms with E-state index in [-0.39, 0.29) is 0 Å². The second-order valence-electron chi connectivity index (χ2n) is 3.10. The molecule has 0 atom stereocenters. The molecule has 1 aromatic carbocycles. The Labute approximate surface area is 90.7 Å². The van der Waals surface area contributed by atoms with Gasteiger partial charge in [-0.2, -0.15) is 5.10 Å². The number of anilines is 1. The number of rotatable bonds is 1. The van der Waals surface area contributed by atoms with Crippen LogP contribution in [0.3, 0.4) is 0 Å². The van der Waals surface area contributed by atoms with Crippen LogP contribution in [0.25, 0.3) is 5.69 Å². The number of hydrogen-bond acceptors (Lipinski definition) is 2. The molecule has 0 fully saturated rings. The summed E-state index contributed by atoms with van der Waals surface area (Å²) in [6.07, 6.45) is 1.68. The smallest absolute Gasteiger partial charge is 0.127 e. The van der Waals surface area contributed by atoms with Crippen LogP contribution in [-0.2, 0) is 0 Å². The monoisotopic (exact) mass is 251 g/mol. The van der Waals surface area contributed by atoms with Gasteiger partial charge in [-0.1, -0.05) is 22.0 Å². The predicted molar refractivity (Wildman–Crippen MR) is 60.4 cm³/mol. The van der Waals surface area contributed by atoms with E-state index in [0.717, 1.165) is 10.2 Å². The summed E-state index contributed by atoms with van der Waals surface area (Å²) in [6.45, 7) is 2.04. The van der Waals surface area contributed by atoms with E-state index in [1.165, 1.54) is 5.56 Å². The number of nitrogens with two attached hydrogens (primary N) is 1. The van der Waals surface area contributed by atoms with E-state index in [1.807, 2.05) is 25.1 Å². The Kier molecular flexibility index (Phi) is 2.29. The van der Waals surface area contributed by atoms with Crippen LogP contribution in [0, 0.1) is 6.92 Å². The molecule has 0 aliphatic rings. The zero-order valence-corrected chi connectivity index (χ0v) is 9.32. The van der Waals surface area contributed by atoms with Crippen LogP contribution in [0.2, 0.25) is 0 Å². The maximum atomic E-state index is 5.75. The standard InChI is InChI=1S/C10H10BrN3/c1-7-2-3-8(6-9(7)11)14-10(12)4-5-13-14/h2-6H,12H2,1H3. The van der Waals surface area contributed by atoms with Gasteiger partial charge in [-0.25, -0.2) is 4.68 Å². The van der Waals surface area contributed by atoms with Gasteiger partial charge in [0.1, 0.15) is 5.82 Å². The third-order valence-electron chi connectivity index (χ3n) is 2.07. The summed E-state index contributed by atoms with van der Waals surface area (Å²) in [7, 11) is 0. The Bertz CT molecular complexity index is 462. The molecule has 0 aliphatic heterocycles. The topological polar surface area (TPSA) is 43.8 Å². The fraction of sp³-hybridized carbons (Fsp3) is 0.100. The lowest BCUT2D eigenvalue weighted by Crippen LogP contribution is -2.01. The molecular weight excluding hydrogens is 242 g/mol. The number of hydrogen-bond donors (Lipinski definition) is 1. The second-order valence-corrected chi connectivity index (χ2v) is 3.96. The molecule has 0 saturated heterocycles. The van der Waals surface area contributed by atoms with Gasteiger partial charge in [0.05, 0.1) is 11.9 Å². The summed E-state index contributed by atoms with van der Waals surface area (Å²) < 4.78 is 2.76. The molecule has 0 aliphatic carbocycles. The van der Waals surface area contributed by atoms with Crippen LogP contribution in [0.15, 0.2) is 34.9 Å². The molecule has 0 bridgehead atoms. The third-order valence-corrected chi connectivity index (χ3v) is 2.93. The van der Waals surface area contributed by atoms with Gasteiger partial charge in [0, 0.05) is 10.5 Å². The number of nitrogens with zero attached hydrogens (tertiary/aromatic N) is 2. The number of benzene rings is 1. The summed E-state index contributed by atoms with van der Waals surface area (Å²) in [6, 6.07) is 7.79. The minimum atomic E-state index is 0.640. The van der Waals surface area contributed by atoms with Crippen LogP contribution in [0.5, 0.6) is 0 Å². The first-order chi connectivity index (χ1) is 6.68. The van der Waals surface area contributed by atoms with E-state index < -0.39 is 0 Å². The summed E-state index contributed by atoms with van der Waals surface area (Å²) in [4.78, 5) is 0. The third kappa shape index (κ3) is 1.53. The van der Waals surface area contributed by atoms with Gasteiger partial charge in [0.25, 0.3) is 0 Å². The molecule has 4 heteroatoms. The molecule has 0 radical (unpaired) electrons. The van der Waals surface area contributed by atoms with E-state index >= 15 is 0 Å². The Morgan fingerprint density at radius 2 is 2.14 bits per heavy atom. The minimum Gasteiger partial charge on any atom is -0.384 e. The van der Waals surface area contributed by atoms with Crippen molar-refractivity contribution in [2.24, 2.45) is 0 Å². The molecular formula is C10H10BrN3. The zero-order valence-electron chi connectivity index (χ0n) is 7.74. The summed E-state index contributed by atoms with van der Waals surface area (Å²) in [5, 5.41) is 4.13. The number of halogens is 1. The first-order valence-electron chi connectivity index (χ1n) is 4.24. The average molecular weight is 252 g/mol. The molecule has 2 rings (SSSR count). The van der Waals surface area contributed by atoms with Crippen LogP contribution in [0.4, 0.5) is 5.82 Å². The Morgan fingerprint density at radius 3 is 2.71 bits per heavy atom. The molecule has 0 unspecified atom stereocenters. The molecule has 0 saturated carbocycles. The van der Waals surface area contributed by atoms with Crippen molar-refractivity contribution in [1.82, 2.24) is 9.78 Å². The summed E-state index contributed by atoms with van der Waals surface area (Å²) >= 11 is 3.47. The number of aromatic nitrogens is 2. The maximum absolute atomic E-state index is 5.75. The van der Waals surface area contributed by atoms with E-state index in [2.05, 4.69) is 21.0 Å². The highest BCUT2D eigenvalue weighted by atomic mass is 79.9. The highest BCUT2D eigenvalue weighted by Crippen LogP contribution is 2.20. The van der Waals surface area contributed by atoms with Gasteiger partial charge in [-0.3, -0.25) is 0 Å². The lowest BCUT2D eigenvalue weighted by atomic mass is 10.2. The van der Waals surface area contributed by atoms with Gasteiger partial charge in [0.2, 0.25) is 0 Å². The zero-order chi connectivity index (χ0) is 10.1. The first-order valence-corrected chi connectivity index (χ1v) is 5.04. The highest BCUT2D eigenvalue weighted by molar-refractivity contribution is 9.10. The van der Waals surface area contributed by atoms with Gasteiger partial charge >= 0.3 is 0 Å². The Hall–Kier alpha value is -1.29. The molecule has 1 aromatic heterocycles. The van der Waals surface area contributed by atoms with E-state index in [1.54, 1.807) is 16.9 Å². The van der Waals surface area contributed by atoms with Crippen molar-refractivity contribution in [3.8, 4) is 5.69 Å². The van der Waals surface area contributed by atoms with Crippen molar-refractivity contribution in [2.45, 2.75) is 6.92 Å². The van der Waals surface area contributed by atoms with Crippen molar-refractivity contribution in [2.75, 3.05) is 5.73 Å². The second kappa shape index (κ2) is 3.46. The Balaban J connectivity index is 2.53. The van der Waals surface area contributed by atoms with E-state index in [4.69, 9.17) is 5.73 Å². The fourth-order valence-electron chi connectivity index (χ4n) is 1.24. The van der Waals surface area contributed by atoms with Crippen molar-refractivity contribution in [3.05, 3.63) is 40.5 Å². The van der Waals surface area contributed by atoms with Crippen molar-refractivity contribution < 1.29 is 0 Å². The molecule has 3 nitrogen and oxygen atoms in total. The van der Waals surface area contributed by atoms with Crippen molar-refractivity contribution in [3.63, 3.8) is 0 Å². The van der Waals surface area contributed by atoms with E-state index in [9.17, 15) is 0 Å². The van der Waals surface area contributed by atoms with Crippen LogP contribution in [-0.4, -0.2) is 9.78 Å². The van der Waals surface area contributed by atoms with Gasteiger partial charge in [-0.05, 0) is 24.6 Å². The van der Waals surface area contributed by atoms with Crippen LogP contribution in [0.1, 0.15) is 5.56 Å². The SMILES string of the molecule is Cc1ccc(-n2nccc2N)cc1Br. The lowest BCUT2D eigenvalue weighted by Gasteiger charge is -2.05. The predicted octanol–water partition coefficient (Wildman–Crippen LogP) is 2.53. The molecule has 0 spiro atoms. The van der Waals surface area contributed by atoms with Crippen molar-refractivity contribution >= 4 is 21.7 Å². The molecule has 2 N–H and O–H groups in total. The largest absolute Gasteiger partial charge is 0.384 e. The average Bonchev–Trinajstić information content (AvgIpc) is 2.57. The molecule has 72 valence electrons. The fourth-order valence-corrected chi connectivity index (χ4v) is 1.61. The Morgan fingerprint density at radius 1 is 1.36 bits per heavy atom. The van der Waals surface area contributed by atoms with Gasteiger partial charge in [-0.15, -0.1) is 0 Å². The molecule has 14 heavy (non-hydrogen) atoms.